The van der Waals surface area contributed by atoms with Gasteiger partial charge in [0, 0.05) is 6.07 Å². The molecule has 0 radical (unpaired) electrons. The van der Waals surface area contributed by atoms with Gasteiger partial charge in [-0.25, -0.2) is 4.98 Å². The van der Waals surface area contributed by atoms with E-state index in [-0.39, 0.29) is 12.1 Å². The summed E-state index contributed by atoms with van der Waals surface area (Å²) in [6.45, 7) is 0. The fourth-order valence-corrected chi connectivity index (χ4v) is 1.60. The SMILES string of the molecule is FC(F)(F)Oc1cc2nc(C(F)(F)F)[nH]c2cc1C(F)(F)F. The molecule has 0 saturated heterocycles. The van der Waals surface area contributed by atoms with Crippen LogP contribution in [0.4, 0.5) is 39.5 Å². The van der Waals surface area contributed by atoms with Crippen LogP contribution in [0.15, 0.2) is 12.1 Å². The monoisotopic (exact) mass is 338 g/mol. The third kappa shape index (κ3) is 3.36. The topological polar surface area (TPSA) is 37.9 Å². The Balaban J connectivity index is 2.66. The molecule has 0 fully saturated rings. The third-order valence-corrected chi connectivity index (χ3v) is 2.38. The maximum absolute atomic E-state index is 12.7. The zero-order valence-corrected chi connectivity index (χ0v) is 9.91. The van der Waals surface area contributed by atoms with Crippen molar-refractivity contribution in [1.29, 1.82) is 0 Å². The number of nitrogens with zero attached hydrogens (tertiary/aromatic N) is 1. The van der Waals surface area contributed by atoms with Crippen molar-refractivity contribution in [2.75, 3.05) is 0 Å². The predicted molar refractivity (Wildman–Crippen MR) is 52.8 cm³/mol. The molecule has 12 heteroatoms. The number of aromatic amines is 1. The van der Waals surface area contributed by atoms with Crippen molar-refractivity contribution in [3.05, 3.63) is 23.5 Å². The van der Waals surface area contributed by atoms with Gasteiger partial charge in [0.25, 0.3) is 0 Å². The quantitative estimate of drug-likeness (QED) is 0.778. The van der Waals surface area contributed by atoms with Crippen molar-refractivity contribution in [1.82, 2.24) is 9.97 Å². The smallest absolute Gasteiger partial charge is 0.405 e. The number of benzene rings is 1. The molecule has 1 aromatic heterocycles. The lowest BCUT2D eigenvalue weighted by Crippen LogP contribution is -2.20. The average Bonchev–Trinajstić information content (AvgIpc) is 2.66. The van der Waals surface area contributed by atoms with Gasteiger partial charge in [-0.05, 0) is 6.07 Å². The minimum Gasteiger partial charge on any atom is -0.405 e. The molecule has 1 heterocycles. The van der Waals surface area contributed by atoms with E-state index in [1.807, 2.05) is 0 Å². The molecule has 0 saturated carbocycles. The first-order chi connectivity index (χ1) is 9.77. The van der Waals surface area contributed by atoms with Crippen molar-refractivity contribution in [3.8, 4) is 5.75 Å². The van der Waals surface area contributed by atoms with E-state index >= 15 is 0 Å². The molecular formula is C10H3F9N2O. The van der Waals surface area contributed by atoms with Crippen LogP contribution >= 0.6 is 0 Å². The second-order valence-corrected chi connectivity index (χ2v) is 3.99. The zero-order valence-electron chi connectivity index (χ0n) is 9.91. The molecule has 3 nitrogen and oxygen atoms in total. The lowest BCUT2D eigenvalue weighted by atomic mass is 10.1. The molecule has 0 amide bonds. The van der Waals surface area contributed by atoms with E-state index < -0.39 is 46.9 Å². The molecule has 0 bridgehead atoms. The van der Waals surface area contributed by atoms with E-state index in [0.717, 1.165) is 0 Å². The van der Waals surface area contributed by atoms with E-state index in [2.05, 4.69) is 9.72 Å². The summed E-state index contributed by atoms with van der Waals surface area (Å²) in [5.74, 6) is -3.33. The Morgan fingerprint density at radius 2 is 1.45 bits per heavy atom. The van der Waals surface area contributed by atoms with Gasteiger partial charge in [0.15, 0.2) is 0 Å². The molecule has 1 aromatic carbocycles. The molecule has 0 spiro atoms. The number of aromatic nitrogens is 2. The molecule has 0 aliphatic rings. The van der Waals surface area contributed by atoms with Gasteiger partial charge in [0.1, 0.15) is 11.3 Å². The molecule has 0 aliphatic carbocycles. The molecular weight excluding hydrogens is 335 g/mol. The first-order valence-corrected chi connectivity index (χ1v) is 5.21. The van der Waals surface area contributed by atoms with E-state index in [9.17, 15) is 39.5 Å². The minimum absolute atomic E-state index is 0.0681. The molecule has 2 aromatic rings. The van der Waals surface area contributed by atoms with Gasteiger partial charge < -0.3 is 9.72 Å². The number of nitrogens with one attached hydrogen (secondary N) is 1. The van der Waals surface area contributed by atoms with E-state index in [0.29, 0.717) is 0 Å². The fraction of sp³-hybridized carbons (Fsp3) is 0.300. The summed E-state index contributed by atoms with van der Waals surface area (Å²) in [5.41, 5.74) is -3.36. The number of hydrogen-bond donors (Lipinski definition) is 1. The van der Waals surface area contributed by atoms with Crippen molar-refractivity contribution in [3.63, 3.8) is 0 Å². The number of ether oxygens (including phenoxy) is 1. The van der Waals surface area contributed by atoms with Crippen LogP contribution in [-0.4, -0.2) is 16.3 Å². The molecule has 1 N–H and O–H groups in total. The Morgan fingerprint density at radius 3 is 1.91 bits per heavy atom. The number of hydrogen-bond acceptors (Lipinski definition) is 2. The van der Waals surface area contributed by atoms with Gasteiger partial charge >= 0.3 is 18.7 Å². The summed E-state index contributed by atoms with van der Waals surface area (Å²) < 4.78 is 115. The second-order valence-electron chi connectivity index (χ2n) is 3.99. The lowest BCUT2D eigenvalue weighted by molar-refractivity contribution is -0.276. The predicted octanol–water partition coefficient (Wildman–Crippen LogP) is 4.50. The van der Waals surface area contributed by atoms with Crippen LogP contribution in [0.1, 0.15) is 11.4 Å². The van der Waals surface area contributed by atoms with Crippen LogP contribution in [0.3, 0.4) is 0 Å². The highest BCUT2D eigenvalue weighted by Gasteiger charge is 2.41. The van der Waals surface area contributed by atoms with Crippen LogP contribution < -0.4 is 4.74 Å². The van der Waals surface area contributed by atoms with Crippen LogP contribution in [0.5, 0.6) is 5.75 Å². The Kier molecular flexibility index (Phi) is 3.45. The van der Waals surface area contributed by atoms with Crippen molar-refractivity contribution >= 4 is 11.0 Å². The van der Waals surface area contributed by atoms with Gasteiger partial charge in [-0.1, -0.05) is 0 Å². The number of alkyl halides is 9. The Hall–Kier alpha value is -2.14. The maximum Gasteiger partial charge on any atom is 0.573 e. The molecule has 0 atom stereocenters. The first-order valence-electron chi connectivity index (χ1n) is 5.21. The number of halogens is 9. The van der Waals surface area contributed by atoms with Crippen LogP contribution in [-0.2, 0) is 12.4 Å². The normalized spacial score (nSPS) is 13.7. The van der Waals surface area contributed by atoms with Crippen LogP contribution in [0.2, 0.25) is 0 Å². The zero-order chi connectivity index (χ0) is 16.9. The first kappa shape index (κ1) is 16.2. The van der Waals surface area contributed by atoms with E-state index in [1.165, 1.54) is 0 Å². The van der Waals surface area contributed by atoms with Crippen molar-refractivity contribution in [2.45, 2.75) is 18.7 Å². The highest BCUT2D eigenvalue weighted by Crippen LogP contribution is 2.41. The minimum atomic E-state index is -5.45. The summed E-state index contributed by atoms with van der Waals surface area (Å²) >= 11 is 0. The average molecular weight is 338 g/mol. The Bertz CT molecular complexity index is 695. The summed E-state index contributed by atoms with van der Waals surface area (Å²) in [7, 11) is 0. The lowest BCUT2D eigenvalue weighted by Gasteiger charge is -2.15. The highest BCUT2D eigenvalue weighted by molar-refractivity contribution is 5.78. The molecule has 0 unspecified atom stereocenters. The number of H-pyrrole nitrogens is 1. The summed E-state index contributed by atoms with van der Waals surface area (Å²) in [5, 5.41) is 0. The van der Waals surface area contributed by atoms with Crippen molar-refractivity contribution in [2.24, 2.45) is 0 Å². The van der Waals surface area contributed by atoms with Gasteiger partial charge in [0.2, 0.25) is 5.82 Å². The van der Waals surface area contributed by atoms with E-state index in [1.54, 1.807) is 4.98 Å². The third-order valence-electron chi connectivity index (χ3n) is 2.38. The molecule has 22 heavy (non-hydrogen) atoms. The summed E-state index contributed by atoms with van der Waals surface area (Å²) in [6, 6.07) is 0.204. The van der Waals surface area contributed by atoms with Gasteiger partial charge in [-0.15, -0.1) is 13.2 Å². The largest absolute Gasteiger partial charge is 0.573 e. The molecule has 0 aliphatic heterocycles. The Labute approximate surface area is 114 Å². The molecule has 2 rings (SSSR count). The second kappa shape index (κ2) is 4.68. The van der Waals surface area contributed by atoms with Gasteiger partial charge in [0.05, 0.1) is 11.0 Å². The van der Waals surface area contributed by atoms with Gasteiger partial charge in [-0.3, -0.25) is 0 Å². The van der Waals surface area contributed by atoms with Crippen LogP contribution in [0.25, 0.3) is 11.0 Å². The summed E-state index contributed by atoms with van der Waals surface area (Å²) in [4.78, 5) is 4.47. The maximum atomic E-state index is 12.7. The standard InChI is InChI=1S/C10H3F9N2O/c11-8(12,13)3-1-4-5(2-6(3)22-10(17,18)19)21-7(20-4)9(14,15)16/h1-2H,(H,20,21). The number of fused-ring (bicyclic) bond motifs is 1. The number of imidazole rings is 1. The van der Waals surface area contributed by atoms with Gasteiger partial charge in [-0.2, -0.15) is 26.3 Å². The van der Waals surface area contributed by atoms with Crippen molar-refractivity contribution < 1.29 is 44.3 Å². The fourth-order valence-electron chi connectivity index (χ4n) is 1.60. The Morgan fingerprint density at radius 1 is 0.864 bits per heavy atom. The number of rotatable bonds is 1. The summed E-state index contributed by atoms with van der Waals surface area (Å²) in [6.07, 6.45) is -15.7. The van der Waals surface area contributed by atoms with E-state index in [4.69, 9.17) is 0 Å². The molecule has 122 valence electrons. The highest BCUT2D eigenvalue weighted by atomic mass is 19.4. The van der Waals surface area contributed by atoms with Crippen LogP contribution in [0, 0.1) is 0 Å².